The van der Waals surface area contributed by atoms with Crippen molar-refractivity contribution in [3.8, 4) is 11.1 Å². The van der Waals surface area contributed by atoms with Gasteiger partial charge in [0.1, 0.15) is 0 Å². The van der Waals surface area contributed by atoms with E-state index in [9.17, 15) is 10.1 Å². The molecule has 0 saturated heterocycles. The Hall–Kier alpha value is -2.74. The highest BCUT2D eigenvalue weighted by Gasteiger charge is 2.21. The lowest BCUT2D eigenvalue weighted by atomic mass is 10.0. The normalized spacial score (nSPS) is 9.59. The zero-order valence-electron chi connectivity index (χ0n) is 8.78. The van der Waals surface area contributed by atoms with Crippen molar-refractivity contribution in [2.45, 2.75) is 0 Å². The summed E-state index contributed by atoms with van der Waals surface area (Å²) in [5.41, 5.74) is 1.26. The minimum absolute atomic E-state index is 0.0106. The zero-order valence-corrected chi connectivity index (χ0v) is 8.78. The number of hydrogen-bond donors (Lipinski definition) is 0. The van der Waals surface area contributed by atoms with E-state index in [1.807, 2.05) is 0 Å². The molecule has 0 radical (unpaired) electrons. The van der Waals surface area contributed by atoms with Crippen molar-refractivity contribution >= 4 is 11.4 Å². The van der Waals surface area contributed by atoms with E-state index < -0.39 is 4.92 Å². The third-order valence-electron chi connectivity index (χ3n) is 2.40. The van der Waals surface area contributed by atoms with Gasteiger partial charge in [-0.1, -0.05) is 24.3 Å². The van der Waals surface area contributed by atoms with Gasteiger partial charge in [0.15, 0.2) is 4.98 Å². The maximum absolute atomic E-state index is 10.9. The van der Waals surface area contributed by atoms with E-state index in [-0.39, 0.29) is 5.69 Å². The summed E-state index contributed by atoms with van der Waals surface area (Å²) >= 11 is 0. The third kappa shape index (κ3) is 1.96. The predicted molar refractivity (Wildman–Crippen MR) is 63.3 cm³/mol. The lowest BCUT2D eigenvalue weighted by molar-refractivity contribution is -0.384. The molecule has 0 atom stereocenters. The van der Waals surface area contributed by atoms with Crippen LogP contribution in [0, 0.1) is 15.5 Å². The van der Waals surface area contributed by atoms with Gasteiger partial charge in [0.25, 0.3) is 5.69 Å². The van der Waals surface area contributed by atoms with Crippen LogP contribution in [0.3, 0.4) is 0 Å². The van der Waals surface area contributed by atoms with E-state index in [1.165, 1.54) is 6.07 Å². The van der Waals surface area contributed by atoms with Crippen LogP contribution in [-0.2, 0) is 0 Å². The van der Waals surface area contributed by atoms with Gasteiger partial charge in [-0.15, -0.1) is 0 Å². The number of para-hydroxylation sites is 1. The summed E-state index contributed by atoms with van der Waals surface area (Å²) in [7, 11) is 0. The molecule has 2 aromatic rings. The molecule has 17 heavy (non-hydrogen) atoms. The van der Waals surface area contributed by atoms with Crippen molar-refractivity contribution in [2.75, 3.05) is 0 Å². The number of hydrogen-bond acceptors (Lipinski definition) is 3. The van der Waals surface area contributed by atoms with Gasteiger partial charge in [-0.3, -0.25) is 10.1 Å². The van der Waals surface area contributed by atoms with Crippen LogP contribution in [-0.4, -0.2) is 4.92 Å². The van der Waals surface area contributed by atoms with Crippen LogP contribution in [0.1, 0.15) is 0 Å². The van der Waals surface area contributed by atoms with E-state index in [0.717, 1.165) is 0 Å². The van der Waals surface area contributed by atoms with Gasteiger partial charge in [0.05, 0.1) is 16.1 Å². The Bertz CT molecular complexity index is 617. The summed E-state index contributed by atoms with van der Waals surface area (Å²) in [5, 5.41) is 19.8. The first-order valence-electron chi connectivity index (χ1n) is 4.92. The molecule has 0 bridgehead atoms. The first kappa shape index (κ1) is 10.8. The highest BCUT2D eigenvalue weighted by molar-refractivity contribution is 5.83. The quantitative estimate of drug-likeness (QED) is 0.444. The van der Waals surface area contributed by atoms with Crippen LogP contribution in [0.25, 0.3) is 16.1 Å². The van der Waals surface area contributed by atoms with Crippen LogP contribution in [0.4, 0.5) is 11.4 Å². The maximum atomic E-state index is 10.9. The summed E-state index contributed by atoms with van der Waals surface area (Å²) < 4.78 is 0. The Labute approximate surface area is 97.1 Å². The molecule has 0 aromatic heterocycles. The van der Waals surface area contributed by atoms with E-state index in [4.69, 9.17) is 5.39 Å². The predicted octanol–water partition coefficient (Wildman–Crippen LogP) is 3.75. The van der Waals surface area contributed by atoms with Crippen LogP contribution < -0.4 is 0 Å². The Morgan fingerprint density at radius 3 is 2.24 bits per heavy atom. The van der Waals surface area contributed by atoms with Crippen molar-refractivity contribution < 1.29 is 4.92 Å². The summed E-state index contributed by atoms with van der Waals surface area (Å²) in [6.45, 7) is 0. The number of nitro groups is 1. The summed E-state index contributed by atoms with van der Waals surface area (Å²) in [4.78, 5) is 13.6. The number of diazo groups is 1. The highest BCUT2D eigenvalue weighted by Crippen LogP contribution is 2.35. The molecule has 0 amide bonds. The van der Waals surface area contributed by atoms with Gasteiger partial charge < -0.3 is 0 Å². The van der Waals surface area contributed by atoms with E-state index in [1.54, 1.807) is 42.5 Å². The molecular weight excluding hydrogens is 218 g/mol. The second-order valence-corrected chi connectivity index (χ2v) is 3.39. The largest absolute Gasteiger partial charge is 0.393 e. The summed E-state index contributed by atoms with van der Waals surface area (Å²) in [6, 6.07) is 13.1. The number of nitro benzene ring substituents is 1. The van der Waals surface area contributed by atoms with Crippen LogP contribution in [0.2, 0.25) is 0 Å². The average Bonchev–Trinajstić information content (AvgIpc) is 2.38. The molecule has 0 unspecified atom stereocenters. The smallest absolute Gasteiger partial charge is 0.258 e. The third-order valence-corrected chi connectivity index (χ3v) is 2.40. The van der Waals surface area contributed by atoms with Crippen LogP contribution in [0.15, 0.2) is 48.5 Å². The Morgan fingerprint density at radius 2 is 1.59 bits per heavy atom. The highest BCUT2D eigenvalue weighted by atomic mass is 16.6. The van der Waals surface area contributed by atoms with Gasteiger partial charge in [-0.25, -0.2) is 0 Å². The lowest BCUT2D eigenvalue weighted by Crippen LogP contribution is -1.91. The summed E-state index contributed by atoms with van der Waals surface area (Å²) in [6.07, 6.45) is 0. The van der Waals surface area contributed by atoms with Gasteiger partial charge in [0.2, 0.25) is 5.39 Å². The van der Waals surface area contributed by atoms with E-state index in [2.05, 4.69) is 4.98 Å². The first-order valence-corrected chi connectivity index (χ1v) is 4.92. The fraction of sp³-hybridized carbons (Fsp3) is 0. The van der Waals surface area contributed by atoms with Crippen molar-refractivity contribution in [3.63, 3.8) is 0 Å². The fourth-order valence-electron chi connectivity index (χ4n) is 1.65. The molecule has 5 nitrogen and oxygen atoms in total. The topological polar surface area (TPSA) is 71.3 Å². The maximum Gasteiger partial charge on any atom is 0.393 e. The molecule has 0 N–H and O–H groups in total. The Kier molecular flexibility index (Phi) is 2.79. The van der Waals surface area contributed by atoms with Gasteiger partial charge in [-0.2, -0.15) is 0 Å². The number of rotatable bonds is 2. The molecule has 0 heterocycles. The van der Waals surface area contributed by atoms with Crippen molar-refractivity contribution in [1.29, 1.82) is 5.39 Å². The molecule has 2 aromatic carbocycles. The van der Waals surface area contributed by atoms with Crippen molar-refractivity contribution in [2.24, 2.45) is 0 Å². The second-order valence-electron chi connectivity index (χ2n) is 3.39. The second kappa shape index (κ2) is 4.41. The van der Waals surface area contributed by atoms with E-state index >= 15 is 0 Å². The van der Waals surface area contributed by atoms with Crippen LogP contribution in [0.5, 0.6) is 0 Å². The minimum Gasteiger partial charge on any atom is -0.258 e. The summed E-state index contributed by atoms with van der Waals surface area (Å²) in [5.74, 6) is 0. The molecule has 0 aliphatic heterocycles. The van der Waals surface area contributed by atoms with E-state index in [0.29, 0.717) is 16.8 Å². The molecule has 0 aliphatic carbocycles. The first-order chi connectivity index (χ1) is 8.24. The van der Waals surface area contributed by atoms with Crippen LogP contribution >= 0.6 is 0 Å². The van der Waals surface area contributed by atoms with Crippen molar-refractivity contribution in [3.05, 3.63) is 63.6 Å². The van der Waals surface area contributed by atoms with Gasteiger partial charge >= 0.3 is 5.69 Å². The molecule has 82 valence electrons. The SMILES string of the molecule is N#[N+]c1ccccc1-c1ccccc1[N+](=O)[O-]. The number of nitrogens with zero attached hydrogens (tertiary/aromatic N) is 3. The zero-order chi connectivity index (χ0) is 12.3. The Morgan fingerprint density at radius 1 is 1.00 bits per heavy atom. The molecule has 0 aliphatic rings. The molecule has 0 saturated carbocycles. The number of benzene rings is 2. The molecule has 0 fully saturated rings. The average molecular weight is 226 g/mol. The standard InChI is InChI=1S/C12H8N3O2/c13-14-11-7-3-1-5-9(11)10-6-2-4-8-12(10)15(16)17/h1-8H/q+1. The molecule has 0 spiro atoms. The van der Waals surface area contributed by atoms with Gasteiger partial charge in [0, 0.05) is 12.1 Å². The Balaban J connectivity index is 2.69. The minimum atomic E-state index is -0.455. The lowest BCUT2D eigenvalue weighted by Gasteiger charge is -1.99. The molecule has 5 heteroatoms. The van der Waals surface area contributed by atoms with Crippen molar-refractivity contribution in [1.82, 2.24) is 0 Å². The van der Waals surface area contributed by atoms with Gasteiger partial charge in [-0.05, 0) is 12.1 Å². The molecule has 2 rings (SSSR count). The fourth-order valence-corrected chi connectivity index (χ4v) is 1.65. The monoisotopic (exact) mass is 226 g/mol. The molecular formula is C12H8N3O2+.